The van der Waals surface area contributed by atoms with Crippen molar-refractivity contribution in [3.05, 3.63) is 71.4 Å². The molecule has 2 fully saturated rings. The SMILES string of the molecule is CCC(C(=N)Cc1ccccc1)c1c[nH]c2cc(C(=O)N3CCN(C4CCCC4)CC3)ccc12. The average molecular weight is 457 g/mol. The van der Waals surface area contributed by atoms with Crippen molar-refractivity contribution in [2.24, 2.45) is 0 Å². The molecule has 2 aromatic carbocycles. The Morgan fingerprint density at radius 1 is 1.06 bits per heavy atom. The van der Waals surface area contributed by atoms with Crippen LogP contribution in [0.4, 0.5) is 0 Å². The van der Waals surface area contributed by atoms with Gasteiger partial charge in [0.1, 0.15) is 0 Å². The van der Waals surface area contributed by atoms with Crippen LogP contribution in [0.15, 0.2) is 54.7 Å². The van der Waals surface area contributed by atoms with Crippen molar-refractivity contribution in [3.63, 3.8) is 0 Å². The molecule has 0 radical (unpaired) electrons. The number of benzene rings is 2. The predicted molar refractivity (Wildman–Crippen MR) is 139 cm³/mol. The topological polar surface area (TPSA) is 63.2 Å². The number of rotatable bonds is 7. The van der Waals surface area contributed by atoms with E-state index in [0.717, 1.165) is 66.4 Å². The van der Waals surface area contributed by atoms with Gasteiger partial charge in [-0.15, -0.1) is 0 Å². The minimum absolute atomic E-state index is 0.0687. The molecule has 3 aromatic rings. The molecule has 0 bridgehead atoms. The Bertz CT molecular complexity index is 1140. The van der Waals surface area contributed by atoms with Crippen LogP contribution >= 0.6 is 0 Å². The molecule has 2 N–H and O–H groups in total. The van der Waals surface area contributed by atoms with Gasteiger partial charge in [-0.2, -0.15) is 0 Å². The molecule has 1 saturated carbocycles. The molecule has 1 aliphatic carbocycles. The monoisotopic (exact) mass is 456 g/mol. The van der Waals surface area contributed by atoms with E-state index in [2.05, 4.69) is 35.0 Å². The van der Waals surface area contributed by atoms with E-state index < -0.39 is 0 Å². The Labute approximate surface area is 202 Å². The van der Waals surface area contributed by atoms with Crippen LogP contribution < -0.4 is 0 Å². The van der Waals surface area contributed by atoms with Crippen molar-refractivity contribution in [1.29, 1.82) is 5.41 Å². The molecule has 1 saturated heterocycles. The molecule has 1 unspecified atom stereocenters. The van der Waals surface area contributed by atoms with Crippen LogP contribution in [0.1, 0.15) is 66.4 Å². The van der Waals surface area contributed by atoms with E-state index >= 15 is 0 Å². The highest BCUT2D eigenvalue weighted by Crippen LogP contribution is 2.31. The number of hydrogen-bond acceptors (Lipinski definition) is 3. The van der Waals surface area contributed by atoms with Gasteiger partial charge in [0, 0.05) is 72.9 Å². The van der Waals surface area contributed by atoms with Gasteiger partial charge in [-0.25, -0.2) is 0 Å². The Hall–Kier alpha value is -2.92. The number of fused-ring (bicyclic) bond motifs is 1. The molecule has 0 spiro atoms. The van der Waals surface area contributed by atoms with Crippen LogP contribution in [0, 0.1) is 5.41 Å². The van der Waals surface area contributed by atoms with Crippen molar-refractivity contribution in [2.45, 2.75) is 57.4 Å². The van der Waals surface area contributed by atoms with Crippen LogP contribution in [0.3, 0.4) is 0 Å². The molecular weight excluding hydrogens is 420 g/mol. The van der Waals surface area contributed by atoms with Gasteiger partial charge < -0.3 is 15.3 Å². The standard InChI is InChI=1S/C29H36N4O/c1-2-24(27(30)18-21-8-4-3-5-9-21)26-20-31-28-19-22(12-13-25(26)28)29(34)33-16-14-32(15-17-33)23-10-6-7-11-23/h3-5,8-9,12-13,19-20,23-24,30-31H,2,6-7,10-11,14-18H2,1H3. The lowest BCUT2D eigenvalue weighted by Gasteiger charge is -2.38. The molecule has 5 nitrogen and oxygen atoms in total. The van der Waals surface area contributed by atoms with Crippen molar-refractivity contribution < 1.29 is 4.79 Å². The molecule has 1 amide bonds. The molecule has 5 heteroatoms. The number of nitrogens with zero attached hydrogens (tertiary/aromatic N) is 2. The summed E-state index contributed by atoms with van der Waals surface area (Å²) in [5, 5.41) is 9.90. The van der Waals surface area contributed by atoms with Crippen LogP contribution in [0.5, 0.6) is 0 Å². The van der Waals surface area contributed by atoms with Crippen molar-refractivity contribution in [2.75, 3.05) is 26.2 Å². The van der Waals surface area contributed by atoms with E-state index in [0.29, 0.717) is 6.42 Å². The number of H-pyrrole nitrogens is 1. The number of amides is 1. The summed E-state index contributed by atoms with van der Waals surface area (Å²) < 4.78 is 0. The molecule has 178 valence electrons. The molecule has 1 aliphatic heterocycles. The highest BCUT2D eigenvalue weighted by molar-refractivity contribution is 6.00. The van der Waals surface area contributed by atoms with E-state index in [1.807, 2.05) is 41.4 Å². The van der Waals surface area contributed by atoms with Gasteiger partial charge in [-0.3, -0.25) is 9.69 Å². The average Bonchev–Trinajstić information content (AvgIpc) is 3.55. The van der Waals surface area contributed by atoms with Crippen LogP contribution in [-0.4, -0.2) is 58.6 Å². The fourth-order valence-electron chi connectivity index (χ4n) is 5.91. The second-order valence-corrected chi connectivity index (χ2v) is 9.92. The Balaban J connectivity index is 1.28. The number of aromatic amines is 1. The molecule has 2 heterocycles. The minimum atomic E-state index is 0.0687. The summed E-state index contributed by atoms with van der Waals surface area (Å²) in [6.07, 6.45) is 8.93. The number of carbonyl (C=O) groups is 1. The zero-order chi connectivity index (χ0) is 23.5. The van der Waals surface area contributed by atoms with Crippen LogP contribution in [0.25, 0.3) is 10.9 Å². The summed E-state index contributed by atoms with van der Waals surface area (Å²) in [6, 6.07) is 17.0. The molecule has 1 aromatic heterocycles. The first-order chi connectivity index (χ1) is 16.6. The zero-order valence-electron chi connectivity index (χ0n) is 20.2. The van der Waals surface area contributed by atoms with Crippen molar-refractivity contribution >= 4 is 22.5 Å². The molecular formula is C29H36N4O. The summed E-state index contributed by atoms with van der Waals surface area (Å²) >= 11 is 0. The van der Waals surface area contributed by atoms with E-state index in [9.17, 15) is 4.79 Å². The van der Waals surface area contributed by atoms with Crippen molar-refractivity contribution in [1.82, 2.24) is 14.8 Å². The summed E-state index contributed by atoms with van der Waals surface area (Å²) in [7, 11) is 0. The fourth-order valence-corrected chi connectivity index (χ4v) is 5.91. The summed E-state index contributed by atoms with van der Waals surface area (Å²) in [5.74, 6) is 0.201. The fraction of sp³-hybridized carbons (Fsp3) is 0.448. The van der Waals surface area contributed by atoms with Gasteiger partial charge in [0.25, 0.3) is 5.91 Å². The highest BCUT2D eigenvalue weighted by atomic mass is 16.2. The highest BCUT2D eigenvalue weighted by Gasteiger charge is 2.28. The van der Waals surface area contributed by atoms with Crippen LogP contribution in [-0.2, 0) is 6.42 Å². The van der Waals surface area contributed by atoms with E-state index in [1.165, 1.54) is 31.2 Å². The molecule has 5 rings (SSSR count). The summed E-state index contributed by atoms with van der Waals surface area (Å²) in [5.41, 5.74) is 4.79. The Kier molecular flexibility index (Phi) is 6.82. The lowest BCUT2D eigenvalue weighted by Crippen LogP contribution is -2.51. The van der Waals surface area contributed by atoms with E-state index in [1.54, 1.807) is 0 Å². The maximum absolute atomic E-state index is 13.2. The zero-order valence-corrected chi connectivity index (χ0v) is 20.2. The van der Waals surface area contributed by atoms with E-state index in [4.69, 9.17) is 5.41 Å². The Morgan fingerprint density at radius 2 is 1.79 bits per heavy atom. The first-order valence-corrected chi connectivity index (χ1v) is 12.9. The number of piperazine rings is 1. The number of nitrogens with one attached hydrogen (secondary N) is 2. The number of hydrogen-bond donors (Lipinski definition) is 2. The minimum Gasteiger partial charge on any atom is -0.361 e. The quantitative estimate of drug-likeness (QED) is 0.453. The summed E-state index contributed by atoms with van der Waals surface area (Å²) in [6.45, 7) is 5.77. The van der Waals surface area contributed by atoms with E-state index in [-0.39, 0.29) is 11.8 Å². The lowest BCUT2D eigenvalue weighted by molar-refractivity contribution is 0.0573. The van der Waals surface area contributed by atoms with Gasteiger partial charge in [-0.05, 0) is 42.5 Å². The third-order valence-corrected chi connectivity index (χ3v) is 7.84. The third kappa shape index (κ3) is 4.67. The maximum atomic E-state index is 13.2. The molecule has 1 atom stereocenters. The summed E-state index contributed by atoms with van der Waals surface area (Å²) in [4.78, 5) is 21.2. The van der Waals surface area contributed by atoms with Gasteiger partial charge in [-0.1, -0.05) is 56.2 Å². The normalized spacial score (nSPS) is 18.4. The number of carbonyl (C=O) groups excluding carboxylic acids is 1. The van der Waals surface area contributed by atoms with Gasteiger partial charge in [0.15, 0.2) is 0 Å². The lowest BCUT2D eigenvalue weighted by atomic mass is 9.88. The first-order valence-electron chi connectivity index (χ1n) is 12.9. The maximum Gasteiger partial charge on any atom is 0.254 e. The van der Waals surface area contributed by atoms with Gasteiger partial charge in [0.05, 0.1) is 0 Å². The second kappa shape index (κ2) is 10.1. The van der Waals surface area contributed by atoms with Gasteiger partial charge >= 0.3 is 0 Å². The number of aromatic nitrogens is 1. The predicted octanol–water partition coefficient (Wildman–Crippen LogP) is 5.62. The van der Waals surface area contributed by atoms with Crippen molar-refractivity contribution in [3.8, 4) is 0 Å². The largest absolute Gasteiger partial charge is 0.361 e. The molecule has 34 heavy (non-hydrogen) atoms. The third-order valence-electron chi connectivity index (χ3n) is 7.84. The Morgan fingerprint density at radius 3 is 2.50 bits per heavy atom. The van der Waals surface area contributed by atoms with Gasteiger partial charge in [0.2, 0.25) is 0 Å². The second-order valence-electron chi connectivity index (χ2n) is 9.92. The smallest absolute Gasteiger partial charge is 0.254 e. The first kappa shape index (κ1) is 22.9. The van der Waals surface area contributed by atoms with Crippen LogP contribution in [0.2, 0.25) is 0 Å². The molecule has 2 aliphatic rings.